The van der Waals surface area contributed by atoms with Gasteiger partial charge in [-0.3, -0.25) is 9.59 Å². The van der Waals surface area contributed by atoms with Gasteiger partial charge in [0, 0.05) is 12.5 Å². The van der Waals surface area contributed by atoms with Crippen LogP contribution in [0.4, 0.5) is 0 Å². The third-order valence-electron chi connectivity index (χ3n) is 5.21. The molecular formula is C14H24O5Si. The van der Waals surface area contributed by atoms with Crippen LogP contribution in [0.15, 0.2) is 0 Å². The van der Waals surface area contributed by atoms with Crippen molar-refractivity contribution in [2.24, 2.45) is 11.8 Å². The van der Waals surface area contributed by atoms with Crippen LogP contribution in [0, 0.1) is 11.8 Å². The minimum atomic E-state index is -2.47. The van der Waals surface area contributed by atoms with E-state index in [9.17, 15) is 9.59 Å². The average Bonchev–Trinajstić information content (AvgIpc) is 2.94. The molecule has 20 heavy (non-hydrogen) atoms. The molecule has 0 amide bonds. The Morgan fingerprint density at radius 3 is 2.10 bits per heavy atom. The Balaban J connectivity index is 2.55. The maximum absolute atomic E-state index is 12.6. The zero-order valence-corrected chi connectivity index (χ0v) is 14.1. The molecule has 6 heteroatoms. The zero-order valence-electron chi connectivity index (χ0n) is 13.1. The van der Waals surface area contributed by atoms with Crippen molar-refractivity contribution < 1.29 is 23.5 Å². The van der Waals surface area contributed by atoms with E-state index < -0.39 is 13.4 Å². The van der Waals surface area contributed by atoms with Gasteiger partial charge in [-0.15, -0.1) is 0 Å². The van der Waals surface area contributed by atoms with Crippen molar-refractivity contribution in [2.75, 3.05) is 20.8 Å². The molecule has 0 spiro atoms. The molecule has 0 aromatic carbocycles. The van der Waals surface area contributed by atoms with Crippen LogP contribution in [0.2, 0.25) is 16.1 Å². The van der Waals surface area contributed by atoms with E-state index >= 15 is 0 Å². The standard InChI is InChI=1S/C14H24O5Si/c1-8(2)20(9(3)4)14(13(16)18-6)10(7-19-20)11(14)12(15)17-5/h8-11H,7H2,1-6H3. The van der Waals surface area contributed by atoms with Crippen molar-refractivity contribution >= 4 is 20.3 Å². The largest absolute Gasteiger partial charge is 0.469 e. The molecule has 3 atom stereocenters. The van der Waals surface area contributed by atoms with Crippen molar-refractivity contribution in [1.82, 2.24) is 0 Å². The summed E-state index contributed by atoms with van der Waals surface area (Å²) in [6, 6.07) is 0. The number of methoxy groups -OCH3 is 2. The van der Waals surface area contributed by atoms with Gasteiger partial charge in [-0.05, 0) is 11.1 Å². The first-order chi connectivity index (χ1) is 9.32. The van der Waals surface area contributed by atoms with Gasteiger partial charge in [0.15, 0.2) is 0 Å². The van der Waals surface area contributed by atoms with Gasteiger partial charge in [0.2, 0.25) is 8.32 Å². The number of rotatable bonds is 4. The summed E-state index contributed by atoms with van der Waals surface area (Å²) in [6.45, 7) is 8.83. The highest BCUT2D eigenvalue weighted by Gasteiger charge is 2.88. The van der Waals surface area contributed by atoms with Crippen LogP contribution in [-0.4, -0.2) is 41.1 Å². The van der Waals surface area contributed by atoms with Crippen LogP contribution in [0.1, 0.15) is 27.7 Å². The quantitative estimate of drug-likeness (QED) is 0.588. The number of fused-ring (bicyclic) bond motifs is 1. The second-order valence-corrected chi connectivity index (χ2v) is 11.4. The number of ether oxygens (including phenoxy) is 2. The second-order valence-electron chi connectivity index (χ2n) is 6.38. The molecule has 1 aliphatic carbocycles. The summed E-state index contributed by atoms with van der Waals surface area (Å²) in [6.07, 6.45) is 0. The molecule has 5 nitrogen and oxygen atoms in total. The molecule has 1 aliphatic heterocycles. The molecule has 0 radical (unpaired) electrons. The lowest BCUT2D eigenvalue weighted by atomic mass is 10.3. The van der Waals surface area contributed by atoms with Gasteiger partial charge in [0.25, 0.3) is 0 Å². The average molecular weight is 300 g/mol. The molecule has 114 valence electrons. The number of hydrogen-bond donors (Lipinski definition) is 0. The zero-order chi connectivity index (χ0) is 15.3. The van der Waals surface area contributed by atoms with Crippen molar-refractivity contribution in [3.05, 3.63) is 0 Å². The fraction of sp³-hybridized carbons (Fsp3) is 0.857. The maximum Gasteiger partial charge on any atom is 0.312 e. The van der Waals surface area contributed by atoms with Crippen LogP contribution in [-0.2, 0) is 23.5 Å². The van der Waals surface area contributed by atoms with E-state index in [4.69, 9.17) is 13.9 Å². The fourth-order valence-corrected chi connectivity index (χ4v) is 11.2. The first-order valence-electron chi connectivity index (χ1n) is 7.12. The predicted molar refractivity (Wildman–Crippen MR) is 75.6 cm³/mol. The first kappa shape index (κ1) is 15.5. The van der Waals surface area contributed by atoms with E-state index in [1.54, 1.807) is 0 Å². The van der Waals surface area contributed by atoms with E-state index in [0.29, 0.717) is 6.61 Å². The van der Waals surface area contributed by atoms with Gasteiger partial charge < -0.3 is 13.9 Å². The topological polar surface area (TPSA) is 61.8 Å². The lowest BCUT2D eigenvalue weighted by Crippen LogP contribution is -2.52. The third-order valence-corrected chi connectivity index (χ3v) is 11.5. The van der Waals surface area contributed by atoms with Crippen LogP contribution >= 0.6 is 0 Å². The summed E-state index contributed by atoms with van der Waals surface area (Å²) >= 11 is 0. The van der Waals surface area contributed by atoms with E-state index in [0.717, 1.165) is 0 Å². The molecule has 0 aromatic rings. The Morgan fingerprint density at radius 1 is 1.15 bits per heavy atom. The lowest BCUT2D eigenvalue weighted by Gasteiger charge is -2.41. The number of carbonyl (C=O) groups is 2. The highest BCUT2D eigenvalue weighted by atomic mass is 28.4. The molecule has 1 saturated carbocycles. The minimum Gasteiger partial charge on any atom is -0.469 e. The van der Waals surface area contributed by atoms with Crippen LogP contribution in [0.3, 0.4) is 0 Å². The normalized spacial score (nSPS) is 34.0. The summed E-state index contributed by atoms with van der Waals surface area (Å²) in [5.41, 5.74) is 0.475. The third kappa shape index (κ3) is 1.52. The molecular weight excluding hydrogens is 276 g/mol. The van der Waals surface area contributed by atoms with Crippen LogP contribution in [0.25, 0.3) is 0 Å². The minimum absolute atomic E-state index is 0.0705. The second kappa shape index (κ2) is 4.84. The van der Waals surface area contributed by atoms with Crippen LogP contribution in [0.5, 0.6) is 0 Å². The van der Waals surface area contributed by atoms with Gasteiger partial charge in [0.05, 0.1) is 20.1 Å². The monoisotopic (exact) mass is 300 g/mol. The SMILES string of the molecule is COC(=O)C1C2CO[Si](C(C)C)(C(C)C)C21C(=O)OC. The van der Waals surface area contributed by atoms with Crippen molar-refractivity contribution in [3.63, 3.8) is 0 Å². The van der Waals surface area contributed by atoms with Gasteiger partial charge in [-0.2, -0.15) is 0 Å². The molecule has 1 heterocycles. The molecule has 2 fully saturated rings. The molecule has 2 aliphatic rings. The Kier molecular flexibility index (Phi) is 3.75. The summed E-state index contributed by atoms with van der Waals surface area (Å²) in [5, 5.41) is -0.753. The number of carbonyl (C=O) groups excluding carboxylic acids is 2. The first-order valence-corrected chi connectivity index (χ1v) is 9.18. The smallest absolute Gasteiger partial charge is 0.312 e. The highest BCUT2D eigenvalue weighted by Crippen LogP contribution is 2.79. The Bertz CT molecular complexity index is 425. The summed E-state index contributed by atoms with van der Waals surface area (Å²) in [4.78, 5) is 24.6. The van der Waals surface area contributed by atoms with E-state index in [1.807, 2.05) is 0 Å². The van der Waals surface area contributed by atoms with Crippen molar-refractivity contribution in [1.29, 1.82) is 0 Å². The van der Waals surface area contributed by atoms with Gasteiger partial charge in [0.1, 0.15) is 5.04 Å². The maximum atomic E-state index is 12.6. The predicted octanol–water partition coefficient (Wildman–Crippen LogP) is 2.11. The molecule has 1 saturated heterocycles. The summed E-state index contributed by atoms with van der Waals surface area (Å²) < 4.78 is 16.2. The highest BCUT2D eigenvalue weighted by molar-refractivity contribution is 6.84. The number of esters is 2. The molecule has 0 bridgehead atoms. The Labute approximate surface area is 121 Å². The van der Waals surface area contributed by atoms with E-state index in [2.05, 4.69) is 27.7 Å². The molecule has 3 unspecified atom stereocenters. The van der Waals surface area contributed by atoms with Gasteiger partial charge in [-0.1, -0.05) is 27.7 Å². The molecule has 0 N–H and O–H groups in total. The van der Waals surface area contributed by atoms with Gasteiger partial charge in [-0.25, -0.2) is 0 Å². The molecule has 2 rings (SSSR count). The lowest BCUT2D eigenvalue weighted by molar-refractivity contribution is -0.148. The van der Waals surface area contributed by atoms with Gasteiger partial charge >= 0.3 is 11.9 Å². The van der Waals surface area contributed by atoms with E-state index in [-0.39, 0.29) is 34.9 Å². The van der Waals surface area contributed by atoms with E-state index in [1.165, 1.54) is 14.2 Å². The summed E-state index contributed by atoms with van der Waals surface area (Å²) in [5.74, 6) is -1.05. The Morgan fingerprint density at radius 2 is 1.70 bits per heavy atom. The number of hydrogen-bond acceptors (Lipinski definition) is 5. The fourth-order valence-electron chi connectivity index (χ4n) is 4.61. The summed E-state index contributed by atoms with van der Waals surface area (Å²) in [7, 11) is 0.291. The molecule has 0 aromatic heterocycles. The van der Waals surface area contributed by atoms with Crippen LogP contribution < -0.4 is 0 Å². The van der Waals surface area contributed by atoms with Crippen molar-refractivity contribution in [3.8, 4) is 0 Å². The van der Waals surface area contributed by atoms with Crippen molar-refractivity contribution in [2.45, 2.75) is 43.8 Å². The Hall–Kier alpha value is -0.883.